The van der Waals surface area contributed by atoms with Crippen molar-refractivity contribution in [2.75, 3.05) is 45.7 Å². The fraction of sp³-hybridized carbons (Fsp3) is 0.552. The van der Waals surface area contributed by atoms with Crippen LogP contribution in [0.5, 0.6) is 0 Å². The predicted molar refractivity (Wildman–Crippen MR) is 147 cm³/mol. The van der Waals surface area contributed by atoms with Crippen LogP contribution in [-0.4, -0.2) is 78.7 Å². The number of piperidine rings is 1. The molecule has 2 amide bonds. The van der Waals surface area contributed by atoms with Gasteiger partial charge < -0.3 is 19.8 Å². The normalized spacial score (nSPS) is 19.2. The quantitative estimate of drug-likeness (QED) is 0.412. The first-order valence-electron chi connectivity index (χ1n) is 13.6. The number of amides is 2. The number of alkyl halides is 3. The molecule has 2 aliphatic rings. The molecule has 218 valence electrons. The molecule has 2 aromatic rings. The summed E-state index contributed by atoms with van der Waals surface area (Å²) >= 11 is 6.29. The van der Waals surface area contributed by atoms with Gasteiger partial charge in [-0.05, 0) is 68.1 Å². The first kappa shape index (κ1) is 30.1. The Balaban J connectivity index is 1.36. The molecule has 2 atom stereocenters. The van der Waals surface area contributed by atoms with Crippen LogP contribution in [0.4, 0.5) is 19.0 Å². The fourth-order valence-electron chi connectivity index (χ4n) is 5.35. The molecule has 11 heteroatoms. The topological polar surface area (TPSA) is 77.0 Å². The second kappa shape index (κ2) is 11.9. The maximum absolute atomic E-state index is 14.2. The molecule has 40 heavy (non-hydrogen) atoms. The fourth-order valence-corrected chi connectivity index (χ4v) is 5.58. The highest BCUT2D eigenvalue weighted by Crippen LogP contribution is 2.44. The average Bonchev–Trinajstić information content (AvgIpc) is 3.77. The molecule has 1 N–H and O–H groups in total. The zero-order chi connectivity index (χ0) is 29.2. The van der Waals surface area contributed by atoms with Gasteiger partial charge in [0.25, 0.3) is 17.4 Å². The Kier molecular flexibility index (Phi) is 8.99. The van der Waals surface area contributed by atoms with Gasteiger partial charge in [0, 0.05) is 46.3 Å². The Morgan fingerprint density at radius 1 is 1.12 bits per heavy atom. The van der Waals surface area contributed by atoms with Crippen molar-refractivity contribution in [1.29, 1.82) is 0 Å². The van der Waals surface area contributed by atoms with Gasteiger partial charge in [-0.25, -0.2) is 4.98 Å². The van der Waals surface area contributed by atoms with Gasteiger partial charge in [-0.15, -0.1) is 0 Å². The van der Waals surface area contributed by atoms with E-state index in [0.717, 1.165) is 37.1 Å². The number of aromatic nitrogens is 1. The summed E-state index contributed by atoms with van der Waals surface area (Å²) < 4.78 is 42.5. The molecule has 0 bridgehead atoms. The number of benzene rings is 1. The number of likely N-dealkylation sites (N-methyl/N-ethyl adjacent to an activating group) is 1. The van der Waals surface area contributed by atoms with Crippen LogP contribution in [0, 0.1) is 5.92 Å². The molecule has 1 aromatic carbocycles. The number of hydrogen-bond acceptors (Lipinski definition) is 5. The van der Waals surface area contributed by atoms with Gasteiger partial charge in [-0.3, -0.25) is 9.59 Å². The van der Waals surface area contributed by atoms with Crippen molar-refractivity contribution in [3.8, 4) is 0 Å². The molecule has 1 saturated carbocycles. The van der Waals surface area contributed by atoms with E-state index in [9.17, 15) is 27.9 Å². The third-order valence-electron chi connectivity index (χ3n) is 7.84. The summed E-state index contributed by atoms with van der Waals surface area (Å²) in [6.07, 6.45) is -0.342. The molecule has 4 rings (SSSR count). The highest BCUT2D eigenvalue weighted by molar-refractivity contribution is 6.32. The number of carbonyl (C=O) groups is 2. The first-order valence-corrected chi connectivity index (χ1v) is 14.0. The van der Waals surface area contributed by atoms with Crippen LogP contribution < -0.4 is 4.90 Å². The lowest BCUT2D eigenvalue weighted by molar-refractivity contribution is -0.261. The number of pyridine rings is 1. The van der Waals surface area contributed by atoms with E-state index in [1.54, 1.807) is 32.3 Å². The van der Waals surface area contributed by atoms with Crippen LogP contribution in [0.2, 0.25) is 5.15 Å². The van der Waals surface area contributed by atoms with Crippen LogP contribution >= 0.6 is 11.6 Å². The van der Waals surface area contributed by atoms with Crippen LogP contribution in [0.25, 0.3) is 0 Å². The molecule has 0 spiro atoms. The molecule has 2 fully saturated rings. The molecule has 1 unspecified atom stereocenters. The zero-order valence-electron chi connectivity index (χ0n) is 23.0. The minimum Gasteiger partial charge on any atom is -0.369 e. The minimum atomic E-state index is -5.16. The highest BCUT2D eigenvalue weighted by atomic mass is 35.5. The number of aliphatic hydroxyl groups is 1. The van der Waals surface area contributed by atoms with Crippen molar-refractivity contribution in [1.82, 2.24) is 14.8 Å². The van der Waals surface area contributed by atoms with Crippen molar-refractivity contribution in [2.45, 2.75) is 56.2 Å². The van der Waals surface area contributed by atoms with E-state index in [1.165, 1.54) is 30.1 Å². The van der Waals surface area contributed by atoms with Crippen molar-refractivity contribution in [2.24, 2.45) is 5.92 Å². The molecular formula is C29H36ClF3N4O3. The lowest BCUT2D eigenvalue weighted by atomic mass is 9.89. The number of hydrogen-bond donors (Lipinski definition) is 1. The Labute approximate surface area is 237 Å². The van der Waals surface area contributed by atoms with Crippen LogP contribution in [0.1, 0.15) is 65.9 Å². The van der Waals surface area contributed by atoms with E-state index >= 15 is 0 Å². The number of carbonyl (C=O) groups excluding carboxylic acids is 2. The summed E-state index contributed by atoms with van der Waals surface area (Å²) in [5, 5.41) is 11.0. The maximum Gasteiger partial charge on any atom is 0.430 e. The van der Waals surface area contributed by atoms with E-state index in [2.05, 4.69) is 9.88 Å². The monoisotopic (exact) mass is 580 g/mol. The van der Waals surface area contributed by atoms with Gasteiger partial charge in [0.2, 0.25) is 0 Å². The number of rotatable bonds is 9. The molecular weight excluding hydrogens is 545 g/mol. The van der Waals surface area contributed by atoms with Gasteiger partial charge in [0.05, 0.1) is 5.56 Å². The third-order valence-corrected chi connectivity index (χ3v) is 8.13. The standard InChI is InChI=1S/C29H36ClF3N4O3/c1-35(2)26(38)23-13-14-24(34-25(23)30)37-16-6-8-19(18-37)7-5-15-36(3)27(39)28(40,29(31,32)33)22-10-4-9-21(17-22)20-11-12-20/h4,9-10,13-14,17,19-20,40H,5-8,11-12,15-16,18H2,1-3H3/t19-,28?/m1/s1. The summed E-state index contributed by atoms with van der Waals surface area (Å²) in [6.45, 7) is 1.54. The predicted octanol–water partition coefficient (Wildman–Crippen LogP) is 5.22. The van der Waals surface area contributed by atoms with Gasteiger partial charge >= 0.3 is 6.18 Å². The van der Waals surface area contributed by atoms with E-state index in [4.69, 9.17) is 11.6 Å². The van der Waals surface area contributed by atoms with E-state index in [-0.39, 0.29) is 29.4 Å². The third kappa shape index (κ3) is 6.38. The lowest BCUT2D eigenvalue weighted by Crippen LogP contribution is -2.55. The Bertz CT molecular complexity index is 1240. The molecule has 1 aliphatic carbocycles. The highest BCUT2D eigenvalue weighted by Gasteiger charge is 2.61. The molecule has 7 nitrogen and oxygen atoms in total. The van der Waals surface area contributed by atoms with Crippen molar-refractivity contribution in [3.05, 3.63) is 58.2 Å². The largest absolute Gasteiger partial charge is 0.430 e. The zero-order valence-corrected chi connectivity index (χ0v) is 23.8. The van der Waals surface area contributed by atoms with E-state index in [0.29, 0.717) is 36.3 Å². The molecule has 1 saturated heterocycles. The Hall–Kier alpha value is -2.85. The van der Waals surface area contributed by atoms with Gasteiger partial charge in [0.15, 0.2) is 0 Å². The van der Waals surface area contributed by atoms with Crippen LogP contribution in [0.3, 0.4) is 0 Å². The molecule has 1 aliphatic heterocycles. The number of halogens is 4. The summed E-state index contributed by atoms with van der Waals surface area (Å²) in [6, 6.07) is 9.13. The van der Waals surface area contributed by atoms with Gasteiger partial charge in [0.1, 0.15) is 11.0 Å². The number of nitrogens with zero attached hydrogens (tertiary/aromatic N) is 4. The first-order chi connectivity index (χ1) is 18.8. The molecule has 1 aromatic heterocycles. The summed E-state index contributed by atoms with van der Waals surface area (Å²) in [5.41, 5.74) is -2.99. The smallest absolute Gasteiger partial charge is 0.369 e. The SMILES string of the molecule is CN(C)C(=O)c1ccc(N2CCC[C@@H](CCCN(C)C(=O)C(O)(c3cccc(C4CC4)c3)C(F)(F)F)C2)nc1Cl. The van der Waals surface area contributed by atoms with E-state index in [1.807, 2.05) is 0 Å². The summed E-state index contributed by atoms with van der Waals surface area (Å²) in [5.74, 6) is -0.500. The van der Waals surface area contributed by atoms with Crippen LogP contribution in [-0.2, 0) is 10.4 Å². The summed E-state index contributed by atoms with van der Waals surface area (Å²) in [4.78, 5) is 34.3. The Morgan fingerprint density at radius 3 is 2.48 bits per heavy atom. The van der Waals surface area contributed by atoms with Crippen molar-refractivity contribution in [3.63, 3.8) is 0 Å². The average molecular weight is 581 g/mol. The maximum atomic E-state index is 14.2. The summed E-state index contributed by atoms with van der Waals surface area (Å²) in [7, 11) is 4.59. The Morgan fingerprint density at radius 2 is 1.85 bits per heavy atom. The molecule has 0 radical (unpaired) electrons. The molecule has 2 heterocycles. The van der Waals surface area contributed by atoms with E-state index < -0.39 is 23.2 Å². The second-order valence-electron chi connectivity index (χ2n) is 11.1. The van der Waals surface area contributed by atoms with Crippen LogP contribution in [0.15, 0.2) is 36.4 Å². The van der Waals surface area contributed by atoms with Gasteiger partial charge in [-0.2, -0.15) is 13.2 Å². The lowest BCUT2D eigenvalue weighted by Gasteiger charge is -2.35. The van der Waals surface area contributed by atoms with Crippen molar-refractivity contribution >= 4 is 29.2 Å². The minimum absolute atomic E-state index is 0.0848. The second-order valence-corrected chi connectivity index (χ2v) is 11.5. The van der Waals surface area contributed by atoms with Crippen molar-refractivity contribution < 1.29 is 27.9 Å². The number of anilines is 1. The van der Waals surface area contributed by atoms with Gasteiger partial charge in [-0.1, -0.05) is 35.9 Å².